The highest BCUT2D eigenvalue weighted by Gasteiger charge is 2.10. The van der Waals surface area contributed by atoms with Gasteiger partial charge in [-0.25, -0.2) is 0 Å². The van der Waals surface area contributed by atoms with Crippen LogP contribution in [0.2, 0.25) is 0 Å². The van der Waals surface area contributed by atoms with Gasteiger partial charge in [-0.1, -0.05) is 6.92 Å². The van der Waals surface area contributed by atoms with Gasteiger partial charge in [-0.15, -0.1) is 11.3 Å². The Morgan fingerprint density at radius 1 is 1.15 bits per heavy atom. The third-order valence-electron chi connectivity index (χ3n) is 2.62. The zero-order valence-electron chi connectivity index (χ0n) is 10.9. The maximum absolute atomic E-state index is 5.90. The maximum atomic E-state index is 5.90. The fourth-order valence-electron chi connectivity index (χ4n) is 1.69. The van der Waals surface area contributed by atoms with E-state index in [4.69, 9.17) is 4.74 Å². The standard InChI is InChI=1S/C14H14Br3NOS/c1-2-18-7-9-5-11(15)14(12(16)6-9)19-8-10-3-4-13(17)20-10/h3-6,18H,2,7-8H2,1H3. The molecule has 0 amide bonds. The van der Waals surface area contributed by atoms with Crippen LogP contribution in [0.1, 0.15) is 17.4 Å². The predicted octanol–water partition coefficient (Wildman–Crippen LogP) is 5.72. The number of hydrogen-bond donors (Lipinski definition) is 1. The molecule has 1 N–H and O–H groups in total. The Labute approximate surface area is 148 Å². The molecule has 6 heteroatoms. The number of thiophene rings is 1. The molecule has 108 valence electrons. The summed E-state index contributed by atoms with van der Waals surface area (Å²) in [6, 6.07) is 8.28. The second-order valence-corrected chi connectivity index (χ2v) is 8.42. The van der Waals surface area contributed by atoms with Crippen molar-refractivity contribution < 1.29 is 4.74 Å². The fourth-order valence-corrected chi connectivity index (χ4v) is 4.60. The second-order valence-electron chi connectivity index (χ2n) is 4.16. The Bertz CT molecular complexity index is 563. The minimum atomic E-state index is 0.569. The molecule has 0 atom stereocenters. The highest BCUT2D eigenvalue weighted by Crippen LogP contribution is 2.36. The Kier molecular flexibility index (Phi) is 6.55. The zero-order chi connectivity index (χ0) is 14.5. The molecule has 0 spiro atoms. The zero-order valence-corrected chi connectivity index (χ0v) is 16.5. The van der Waals surface area contributed by atoms with Gasteiger partial charge in [0.1, 0.15) is 12.4 Å². The van der Waals surface area contributed by atoms with Gasteiger partial charge < -0.3 is 10.1 Å². The largest absolute Gasteiger partial charge is 0.486 e. The van der Waals surface area contributed by atoms with Crippen LogP contribution >= 0.6 is 59.1 Å². The van der Waals surface area contributed by atoms with Crippen molar-refractivity contribution in [1.29, 1.82) is 0 Å². The molecule has 0 aliphatic rings. The third-order valence-corrected chi connectivity index (χ3v) is 5.40. The van der Waals surface area contributed by atoms with Crippen LogP contribution in [0.25, 0.3) is 0 Å². The summed E-state index contributed by atoms with van der Waals surface area (Å²) in [5.41, 5.74) is 1.22. The van der Waals surface area contributed by atoms with E-state index in [1.54, 1.807) is 11.3 Å². The van der Waals surface area contributed by atoms with Crippen molar-refractivity contribution in [2.24, 2.45) is 0 Å². The van der Waals surface area contributed by atoms with Gasteiger partial charge in [-0.3, -0.25) is 0 Å². The minimum Gasteiger partial charge on any atom is -0.486 e. The smallest absolute Gasteiger partial charge is 0.148 e. The summed E-state index contributed by atoms with van der Waals surface area (Å²) in [5.74, 6) is 0.842. The summed E-state index contributed by atoms with van der Waals surface area (Å²) < 4.78 is 8.96. The first kappa shape index (κ1) is 16.5. The van der Waals surface area contributed by atoms with Gasteiger partial charge in [0.25, 0.3) is 0 Å². The molecular weight excluding hydrogens is 470 g/mol. The van der Waals surface area contributed by atoms with Crippen molar-refractivity contribution in [3.05, 3.63) is 47.4 Å². The highest BCUT2D eigenvalue weighted by molar-refractivity contribution is 9.11. The van der Waals surface area contributed by atoms with Gasteiger partial charge in [0.15, 0.2) is 0 Å². The monoisotopic (exact) mass is 481 g/mol. The Morgan fingerprint density at radius 3 is 2.40 bits per heavy atom. The molecule has 0 bridgehead atoms. The van der Waals surface area contributed by atoms with E-state index in [0.29, 0.717) is 6.61 Å². The minimum absolute atomic E-state index is 0.569. The molecule has 0 unspecified atom stereocenters. The molecule has 0 radical (unpaired) electrons. The molecule has 2 rings (SSSR count). The number of halogens is 3. The summed E-state index contributed by atoms with van der Waals surface area (Å²) in [6.07, 6.45) is 0. The topological polar surface area (TPSA) is 21.3 Å². The van der Waals surface area contributed by atoms with Gasteiger partial charge >= 0.3 is 0 Å². The van der Waals surface area contributed by atoms with E-state index in [1.807, 2.05) is 6.07 Å². The number of hydrogen-bond acceptors (Lipinski definition) is 3. The number of rotatable bonds is 6. The Morgan fingerprint density at radius 2 is 1.85 bits per heavy atom. The lowest BCUT2D eigenvalue weighted by molar-refractivity contribution is 0.305. The van der Waals surface area contributed by atoms with Crippen LogP contribution in [0, 0.1) is 0 Å². The maximum Gasteiger partial charge on any atom is 0.148 e. The molecular formula is C14H14Br3NOS. The molecule has 2 aromatic rings. The molecule has 1 heterocycles. The van der Waals surface area contributed by atoms with Gasteiger partial charge in [0, 0.05) is 11.4 Å². The number of nitrogens with one attached hydrogen (secondary N) is 1. The molecule has 0 saturated carbocycles. The molecule has 20 heavy (non-hydrogen) atoms. The molecule has 1 aromatic heterocycles. The van der Waals surface area contributed by atoms with Gasteiger partial charge in [-0.2, -0.15) is 0 Å². The lowest BCUT2D eigenvalue weighted by atomic mass is 10.2. The summed E-state index contributed by atoms with van der Waals surface area (Å²) in [5, 5.41) is 3.31. The van der Waals surface area contributed by atoms with E-state index < -0.39 is 0 Å². The molecule has 2 nitrogen and oxygen atoms in total. The first-order chi connectivity index (χ1) is 9.60. The van der Waals surface area contributed by atoms with Crippen LogP contribution < -0.4 is 10.1 Å². The second kappa shape index (κ2) is 7.94. The van der Waals surface area contributed by atoms with Gasteiger partial charge in [0.2, 0.25) is 0 Å². The van der Waals surface area contributed by atoms with E-state index in [-0.39, 0.29) is 0 Å². The number of ether oxygens (including phenoxy) is 1. The third kappa shape index (κ3) is 4.56. The van der Waals surface area contributed by atoms with Crippen LogP contribution in [0.15, 0.2) is 37.0 Å². The van der Waals surface area contributed by atoms with Crippen molar-refractivity contribution in [2.45, 2.75) is 20.1 Å². The molecule has 0 fully saturated rings. The fraction of sp³-hybridized carbons (Fsp3) is 0.286. The highest BCUT2D eigenvalue weighted by atomic mass is 79.9. The van der Waals surface area contributed by atoms with Gasteiger partial charge in [0.05, 0.1) is 12.7 Å². The summed E-state index contributed by atoms with van der Waals surface area (Å²) in [7, 11) is 0. The lowest BCUT2D eigenvalue weighted by Gasteiger charge is -2.12. The lowest BCUT2D eigenvalue weighted by Crippen LogP contribution is -2.11. The Balaban J connectivity index is 2.07. The van der Waals surface area contributed by atoms with E-state index in [9.17, 15) is 0 Å². The summed E-state index contributed by atoms with van der Waals surface area (Å²) in [4.78, 5) is 1.19. The van der Waals surface area contributed by atoms with Crippen LogP contribution in [0.5, 0.6) is 5.75 Å². The summed E-state index contributed by atoms with van der Waals surface area (Å²) in [6.45, 7) is 4.48. The van der Waals surface area contributed by atoms with E-state index in [1.165, 1.54) is 10.4 Å². The van der Waals surface area contributed by atoms with Crippen LogP contribution in [-0.4, -0.2) is 6.54 Å². The van der Waals surface area contributed by atoms with E-state index in [0.717, 1.165) is 31.6 Å². The Hall–Kier alpha value is 0.120. The summed E-state index contributed by atoms with van der Waals surface area (Å²) >= 11 is 12.3. The van der Waals surface area contributed by atoms with E-state index >= 15 is 0 Å². The normalized spacial score (nSPS) is 10.8. The van der Waals surface area contributed by atoms with Crippen molar-refractivity contribution in [1.82, 2.24) is 5.32 Å². The predicted molar refractivity (Wildman–Crippen MR) is 95.6 cm³/mol. The van der Waals surface area contributed by atoms with Crippen molar-refractivity contribution in [2.75, 3.05) is 6.54 Å². The van der Waals surface area contributed by atoms with Crippen LogP contribution in [-0.2, 0) is 13.2 Å². The van der Waals surface area contributed by atoms with Crippen molar-refractivity contribution in [3.8, 4) is 5.75 Å². The molecule has 0 aliphatic carbocycles. The average Bonchev–Trinajstić information content (AvgIpc) is 2.81. The van der Waals surface area contributed by atoms with Crippen LogP contribution in [0.3, 0.4) is 0 Å². The average molecular weight is 484 g/mol. The molecule has 0 saturated heterocycles. The quantitative estimate of drug-likeness (QED) is 0.567. The molecule has 1 aromatic carbocycles. The van der Waals surface area contributed by atoms with Crippen molar-refractivity contribution >= 4 is 59.1 Å². The van der Waals surface area contributed by atoms with Gasteiger partial charge in [-0.05, 0) is 84.2 Å². The van der Waals surface area contributed by atoms with Crippen LogP contribution in [0.4, 0.5) is 0 Å². The van der Waals surface area contributed by atoms with Crippen molar-refractivity contribution in [3.63, 3.8) is 0 Å². The first-order valence-electron chi connectivity index (χ1n) is 6.15. The first-order valence-corrected chi connectivity index (χ1v) is 9.35. The van der Waals surface area contributed by atoms with E-state index in [2.05, 4.69) is 78.2 Å². The molecule has 0 aliphatic heterocycles. The number of benzene rings is 1. The SMILES string of the molecule is CCNCc1cc(Br)c(OCc2ccc(Br)s2)c(Br)c1.